The SMILES string of the molecule is O=C(C[C@H]1CC[C@H]2[C@@H](COC[C@@H](O)CN2Cc2nccs2)O1)NCc1ccccc1Cl. The second-order valence-electron chi connectivity index (χ2n) is 8.06. The Labute approximate surface area is 191 Å². The van der Waals surface area contributed by atoms with Crippen LogP contribution in [0.2, 0.25) is 5.02 Å². The van der Waals surface area contributed by atoms with E-state index in [1.54, 1.807) is 17.5 Å². The minimum absolute atomic E-state index is 0.0507. The molecule has 1 aromatic heterocycles. The lowest BCUT2D eigenvalue weighted by molar-refractivity contribution is -0.158. The number of ether oxygens (including phenoxy) is 2. The van der Waals surface area contributed by atoms with E-state index in [4.69, 9.17) is 21.1 Å². The number of nitrogens with zero attached hydrogens (tertiary/aromatic N) is 2. The van der Waals surface area contributed by atoms with Crippen molar-refractivity contribution in [2.45, 2.75) is 56.7 Å². The molecule has 2 aromatic rings. The minimum atomic E-state index is -0.533. The molecule has 2 aliphatic rings. The number of carbonyl (C=O) groups is 1. The molecule has 4 atom stereocenters. The fourth-order valence-corrected chi connectivity index (χ4v) is 5.09. The third-order valence-electron chi connectivity index (χ3n) is 5.76. The van der Waals surface area contributed by atoms with Crippen molar-refractivity contribution in [2.24, 2.45) is 0 Å². The minimum Gasteiger partial charge on any atom is -0.389 e. The van der Waals surface area contributed by atoms with E-state index in [0.29, 0.717) is 37.7 Å². The molecule has 0 unspecified atom stereocenters. The summed E-state index contributed by atoms with van der Waals surface area (Å²) in [6.07, 6.45) is 2.96. The Morgan fingerprint density at radius 2 is 2.19 bits per heavy atom. The fraction of sp³-hybridized carbons (Fsp3) is 0.545. The molecule has 2 saturated heterocycles. The Bertz CT molecular complexity index is 853. The first-order valence-electron chi connectivity index (χ1n) is 10.6. The number of carbonyl (C=O) groups excluding carboxylic acids is 1. The van der Waals surface area contributed by atoms with Gasteiger partial charge < -0.3 is 19.9 Å². The Morgan fingerprint density at radius 3 is 3.00 bits per heavy atom. The summed E-state index contributed by atoms with van der Waals surface area (Å²) in [7, 11) is 0. The van der Waals surface area contributed by atoms with E-state index in [9.17, 15) is 9.90 Å². The van der Waals surface area contributed by atoms with Crippen molar-refractivity contribution in [3.8, 4) is 0 Å². The van der Waals surface area contributed by atoms with Gasteiger partial charge in [-0.2, -0.15) is 0 Å². The van der Waals surface area contributed by atoms with Crippen molar-refractivity contribution in [1.82, 2.24) is 15.2 Å². The van der Waals surface area contributed by atoms with Crippen LogP contribution in [0.1, 0.15) is 29.8 Å². The van der Waals surface area contributed by atoms with Gasteiger partial charge in [-0.25, -0.2) is 4.98 Å². The summed E-state index contributed by atoms with van der Waals surface area (Å²) in [6, 6.07) is 7.62. The van der Waals surface area contributed by atoms with Crippen LogP contribution >= 0.6 is 22.9 Å². The molecule has 7 nitrogen and oxygen atoms in total. The molecule has 9 heteroatoms. The van der Waals surface area contributed by atoms with Crippen LogP contribution in [0.25, 0.3) is 0 Å². The van der Waals surface area contributed by atoms with Crippen molar-refractivity contribution < 1.29 is 19.4 Å². The topological polar surface area (TPSA) is 83.9 Å². The first-order valence-corrected chi connectivity index (χ1v) is 11.9. The van der Waals surface area contributed by atoms with E-state index in [1.165, 1.54) is 0 Å². The van der Waals surface area contributed by atoms with Gasteiger partial charge in [-0.05, 0) is 24.5 Å². The Kier molecular flexibility index (Phi) is 7.92. The van der Waals surface area contributed by atoms with Crippen LogP contribution < -0.4 is 5.32 Å². The van der Waals surface area contributed by atoms with Crippen molar-refractivity contribution in [1.29, 1.82) is 0 Å². The molecule has 3 heterocycles. The zero-order valence-corrected chi connectivity index (χ0v) is 18.9. The maximum Gasteiger partial charge on any atom is 0.222 e. The number of thiazole rings is 1. The second kappa shape index (κ2) is 10.8. The van der Waals surface area contributed by atoms with Crippen molar-refractivity contribution in [2.75, 3.05) is 19.8 Å². The Morgan fingerprint density at radius 1 is 1.32 bits per heavy atom. The maximum absolute atomic E-state index is 12.5. The van der Waals surface area contributed by atoms with E-state index in [1.807, 2.05) is 29.6 Å². The normalized spacial score (nSPS) is 27.2. The first-order chi connectivity index (χ1) is 15.1. The standard InChI is InChI=1S/C22H28ClN3O4S/c23-18-4-2-1-3-15(18)10-25-21(28)9-17-5-6-19-20(30-17)14-29-13-16(27)11-26(19)12-22-24-7-8-31-22/h1-4,7-8,16-17,19-20,27H,5-6,9-14H2,(H,25,28)/t16-,17+,19-,20+/m0/s1. The molecule has 0 radical (unpaired) electrons. The molecule has 2 fully saturated rings. The monoisotopic (exact) mass is 465 g/mol. The van der Waals surface area contributed by atoms with Gasteiger partial charge in [-0.3, -0.25) is 9.69 Å². The highest BCUT2D eigenvalue weighted by molar-refractivity contribution is 7.09. The number of aromatic nitrogens is 1. The largest absolute Gasteiger partial charge is 0.389 e. The van der Waals surface area contributed by atoms with Gasteiger partial charge in [0.05, 0.1) is 44.5 Å². The highest BCUT2D eigenvalue weighted by Crippen LogP contribution is 2.29. The smallest absolute Gasteiger partial charge is 0.222 e. The lowest BCUT2D eigenvalue weighted by atomic mass is 9.94. The molecule has 2 N–H and O–H groups in total. The first kappa shape index (κ1) is 22.6. The molecule has 2 aliphatic heterocycles. The van der Waals surface area contributed by atoms with E-state index >= 15 is 0 Å². The quantitative estimate of drug-likeness (QED) is 0.682. The molecule has 1 amide bonds. The van der Waals surface area contributed by atoms with Crippen LogP contribution in [0.5, 0.6) is 0 Å². The van der Waals surface area contributed by atoms with Gasteiger partial charge in [0.15, 0.2) is 0 Å². The van der Waals surface area contributed by atoms with Gasteiger partial charge in [-0.1, -0.05) is 29.8 Å². The lowest BCUT2D eigenvalue weighted by Gasteiger charge is -2.44. The number of amides is 1. The van der Waals surface area contributed by atoms with Crippen LogP contribution in [0.3, 0.4) is 0 Å². The zero-order valence-electron chi connectivity index (χ0n) is 17.3. The molecule has 4 rings (SSSR count). The van der Waals surface area contributed by atoms with Crippen LogP contribution in [0.4, 0.5) is 0 Å². The van der Waals surface area contributed by atoms with Gasteiger partial charge in [0.25, 0.3) is 0 Å². The molecule has 0 bridgehead atoms. The summed E-state index contributed by atoms with van der Waals surface area (Å²) in [5.41, 5.74) is 0.895. The number of aliphatic hydroxyl groups excluding tert-OH is 1. The van der Waals surface area contributed by atoms with Crippen LogP contribution in [-0.2, 0) is 27.4 Å². The summed E-state index contributed by atoms with van der Waals surface area (Å²) in [4.78, 5) is 19.1. The molecule has 1 aromatic carbocycles. The number of benzene rings is 1. The number of hydrogen-bond donors (Lipinski definition) is 2. The highest BCUT2D eigenvalue weighted by atomic mass is 35.5. The summed E-state index contributed by atoms with van der Waals surface area (Å²) >= 11 is 7.78. The number of β-amino-alcohol motifs (C(OH)–C–C–N with tert-alkyl or cyclic N) is 1. The molecule has 0 aliphatic carbocycles. The van der Waals surface area contributed by atoms with Crippen molar-refractivity contribution in [3.05, 3.63) is 51.4 Å². The fourth-order valence-electron chi connectivity index (χ4n) is 4.25. The van der Waals surface area contributed by atoms with E-state index in [0.717, 1.165) is 23.4 Å². The van der Waals surface area contributed by atoms with E-state index in [-0.39, 0.29) is 30.8 Å². The molecule has 31 heavy (non-hydrogen) atoms. The third-order valence-corrected chi connectivity index (χ3v) is 6.89. The average molecular weight is 466 g/mol. The number of aliphatic hydroxyl groups is 1. The van der Waals surface area contributed by atoms with Gasteiger partial charge in [-0.15, -0.1) is 11.3 Å². The predicted molar refractivity (Wildman–Crippen MR) is 119 cm³/mol. The molecular weight excluding hydrogens is 438 g/mol. The van der Waals surface area contributed by atoms with Crippen molar-refractivity contribution >= 4 is 28.8 Å². The van der Waals surface area contributed by atoms with Gasteiger partial charge in [0.1, 0.15) is 5.01 Å². The number of fused-ring (bicyclic) bond motifs is 1. The lowest BCUT2D eigenvalue weighted by Crippen LogP contribution is -2.55. The highest BCUT2D eigenvalue weighted by Gasteiger charge is 2.38. The maximum atomic E-state index is 12.5. The van der Waals surface area contributed by atoms with Crippen LogP contribution in [0, 0.1) is 0 Å². The number of rotatable bonds is 6. The summed E-state index contributed by atoms with van der Waals surface area (Å²) < 4.78 is 12.0. The van der Waals surface area contributed by atoms with Gasteiger partial charge in [0, 0.05) is 35.7 Å². The molecule has 0 saturated carbocycles. The van der Waals surface area contributed by atoms with E-state index in [2.05, 4.69) is 15.2 Å². The molecule has 168 valence electrons. The number of nitrogens with one attached hydrogen (secondary N) is 1. The molecular formula is C22H28ClN3O4S. The van der Waals surface area contributed by atoms with Crippen LogP contribution in [0.15, 0.2) is 35.8 Å². The second-order valence-corrected chi connectivity index (χ2v) is 9.45. The Hall–Kier alpha value is -1.55. The summed E-state index contributed by atoms with van der Waals surface area (Å²) in [5, 5.41) is 16.8. The predicted octanol–water partition coefficient (Wildman–Crippen LogP) is 2.61. The number of halogens is 1. The van der Waals surface area contributed by atoms with Crippen LogP contribution in [-0.4, -0.2) is 65.0 Å². The van der Waals surface area contributed by atoms with E-state index < -0.39 is 6.10 Å². The van der Waals surface area contributed by atoms with Gasteiger partial charge >= 0.3 is 0 Å². The average Bonchev–Trinajstić information content (AvgIpc) is 3.25. The Balaban J connectivity index is 1.33. The van der Waals surface area contributed by atoms with Gasteiger partial charge in [0.2, 0.25) is 5.91 Å². The van der Waals surface area contributed by atoms with Crippen molar-refractivity contribution in [3.63, 3.8) is 0 Å². The third kappa shape index (κ3) is 6.25. The number of hydrogen-bond acceptors (Lipinski definition) is 7. The summed E-state index contributed by atoms with van der Waals surface area (Å²) in [6.45, 7) is 2.30. The zero-order chi connectivity index (χ0) is 21.6. The summed E-state index contributed by atoms with van der Waals surface area (Å²) in [5.74, 6) is -0.0507. The molecule has 0 spiro atoms.